The Balaban J connectivity index is 2.10. The molecule has 0 atom stereocenters. The lowest BCUT2D eigenvalue weighted by atomic mass is 10.1. The molecule has 4 heteroatoms. The maximum Gasteiger partial charge on any atom is 0.137 e. The molecule has 0 saturated heterocycles. The number of pyridine rings is 1. The van der Waals surface area contributed by atoms with E-state index in [1.165, 1.54) is 4.90 Å². The predicted molar refractivity (Wildman–Crippen MR) is 76.8 cm³/mol. The van der Waals surface area contributed by atoms with E-state index in [-0.39, 0.29) is 0 Å². The van der Waals surface area contributed by atoms with Crippen molar-refractivity contribution in [2.45, 2.75) is 4.90 Å². The third-order valence-corrected chi connectivity index (χ3v) is 3.58. The van der Waals surface area contributed by atoms with Gasteiger partial charge in [0.05, 0.1) is 5.69 Å². The molecule has 2 heterocycles. The average Bonchev–Trinajstić information content (AvgIpc) is 2.82. The second-order valence-corrected chi connectivity index (χ2v) is 4.96. The minimum Gasteiger partial charge on any atom is -0.399 e. The number of benzene rings is 1. The van der Waals surface area contributed by atoms with E-state index >= 15 is 0 Å². The lowest BCUT2D eigenvalue weighted by Gasteiger charge is -1.96. The summed E-state index contributed by atoms with van der Waals surface area (Å²) in [5.41, 5.74) is 9.47. The number of anilines is 1. The first kappa shape index (κ1) is 11.2. The van der Waals surface area contributed by atoms with Gasteiger partial charge in [0.15, 0.2) is 0 Å². The molecule has 0 aliphatic heterocycles. The summed E-state index contributed by atoms with van der Waals surface area (Å²) in [6.45, 7) is 0. The highest BCUT2D eigenvalue weighted by molar-refractivity contribution is 7.98. The monoisotopic (exact) mass is 255 g/mol. The Morgan fingerprint density at radius 3 is 2.56 bits per heavy atom. The fourth-order valence-corrected chi connectivity index (χ4v) is 2.31. The van der Waals surface area contributed by atoms with Crippen LogP contribution in [0.3, 0.4) is 0 Å². The van der Waals surface area contributed by atoms with Gasteiger partial charge in [-0.3, -0.25) is 0 Å². The standard InChI is InChI=1S/C14H13N3S/c1-18-12-6-7-14-16-13(9-17(14)8-12)10-2-4-11(15)5-3-10/h2-9H,15H2,1H3. The second kappa shape index (κ2) is 4.38. The zero-order chi connectivity index (χ0) is 12.5. The summed E-state index contributed by atoms with van der Waals surface area (Å²) in [5, 5.41) is 0. The van der Waals surface area contributed by atoms with E-state index in [1.54, 1.807) is 11.8 Å². The summed E-state index contributed by atoms with van der Waals surface area (Å²) >= 11 is 1.73. The molecular formula is C14H13N3S. The Bertz CT molecular complexity index is 686. The number of thioether (sulfide) groups is 1. The summed E-state index contributed by atoms with van der Waals surface area (Å²) < 4.78 is 2.05. The van der Waals surface area contributed by atoms with Gasteiger partial charge in [-0.05, 0) is 30.5 Å². The van der Waals surface area contributed by atoms with Crippen LogP contribution in [0.15, 0.2) is 53.7 Å². The lowest BCUT2D eigenvalue weighted by Crippen LogP contribution is -1.83. The number of nitrogens with two attached hydrogens (primary N) is 1. The van der Waals surface area contributed by atoms with Gasteiger partial charge in [0.25, 0.3) is 0 Å². The van der Waals surface area contributed by atoms with Gasteiger partial charge in [0, 0.05) is 28.5 Å². The topological polar surface area (TPSA) is 43.3 Å². The van der Waals surface area contributed by atoms with Gasteiger partial charge in [0.1, 0.15) is 5.65 Å². The van der Waals surface area contributed by atoms with Gasteiger partial charge in [-0.2, -0.15) is 0 Å². The smallest absolute Gasteiger partial charge is 0.137 e. The molecule has 18 heavy (non-hydrogen) atoms. The van der Waals surface area contributed by atoms with E-state index in [2.05, 4.69) is 27.9 Å². The fourth-order valence-electron chi connectivity index (χ4n) is 1.89. The number of nitrogens with zero attached hydrogens (tertiary/aromatic N) is 2. The van der Waals surface area contributed by atoms with Crippen molar-refractivity contribution < 1.29 is 0 Å². The summed E-state index contributed by atoms with van der Waals surface area (Å²) in [6.07, 6.45) is 6.20. The molecule has 0 radical (unpaired) electrons. The van der Waals surface area contributed by atoms with Crippen molar-refractivity contribution >= 4 is 23.1 Å². The van der Waals surface area contributed by atoms with Crippen LogP contribution in [0.1, 0.15) is 0 Å². The van der Waals surface area contributed by atoms with E-state index in [0.717, 1.165) is 22.6 Å². The minimum atomic E-state index is 0.771. The number of rotatable bonds is 2. The van der Waals surface area contributed by atoms with Crippen LogP contribution in [0.2, 0.25) is 0 Å². The molecule has 2 N–H and O–H groups in total. The largest absolute Gasteiger partial charge is 0.399 e. The molecule has 0 bridgehead atoms. The van der Waals surface area contributed by atoms with Crippen molar-refractivity contribution in [2.24, 2.45) is 0 Å². The molecule has 0 aliphatic rings. The molecule has 3 rings (SSSR count). The van der Waals surface area contributed by atoms with Crippen molar-refractivity contribution in [2.75, 3.05) is 12.0 Å². The molecule has 0 amide bonds. The fraction of sp³-hybridized carbons (Fsp3) is 0.0714. The van der Waals surface area contributed by atoms with Crippen LogP contribution in [0.4, 0.5) is 5.69 Å². The first-order chi connectivity index (χ1) is 8.76. The number of hydrogen-bond acceptors (Lipinski definition) is 3. The van der Waals surface area contributed by atoms with Crippen LogP contribution in [-0.2, 0) is 0 Å². The first-order valence-corrected chi connectivity index (χ1v) is 6.87. The summed E-state index contributed by atoms with van der Waals surface area (Å²) in [4.78, 5) is 5.83. The predicted octanol–water partition coefficient (Wildman–Crippen LogP) is 3.31. The van der Waals surface area contributed by atoms with Crippen LogP contribution in [0.5, 0.6) is 0 Å². The van der Waals surface area contributed by atoms with Crippen LogP contribution in [-0.4, -0.2) is 15.6 Å². The van der Waals surface area contributed by atoms with Crippen LogP contribution >= 0.6 is 11.8 Å². The SMILES string of the molecule is CSc1ccc2nc(-c3ccc(N)cc3)cn2c1. The maximum absolute atomic E-state index is 5.69. The number of imidazole rings is 1. The number of fused-ring (bicyclic) bond motifs is 1. The van der Waals surface area contributed by atoms with Crippen molar-refractivity contribution in [3.8, 4) is 11.3 Å². The lowest BCUT2D eigenvalue weighted by molar-refractivity contribution is 1.13. The highest BCUT2D eigenvalue weighted by Gasteiger charge is 2.04. The zero-order valence-corrected chi connectivity index (χ0v) is 10.8. The molecule has 1 aromatic carbocycles. The molecule has 0 aliphatic carbocycles. The molecule has 0 spiro atoms. The van der Waals surface area contributed by atoms with E-state index in [9.17, 15) is 0 Å². The summed E-state index contributed by atoms with van der Waals surface area (Å²) in [5.74, 6) is 0. The number of aromatic nitrogens is 2. The van der Waals surface area contributed by atoms with Crippen molar-refractivity contribution in [1.29, 1.82) is 0 Å². The molecule has 0 unspecified atom stereocenters. The number of hydrogen-bond donors (Lipinski definition) is 1. The number of nitrogen functional groups attached to an aromatic ring is 1. The third kappa shape index (κ3) is 1.95. The van der Waals surface area contributed by atoms with Gasteiger partial charge < -0.3 is 10.1 Å². The molecule has 90 valence electrons. The Kier molecular flexibility index (Phi) is 2.72. The second-order valence-electron chi connectivity index (χ2n) is 4.08. The van der Waals surface area contributed by atoms with E-state index in [1.807, 2.05) is 36.5 Å². The van der Waals surface area contributed by atoms with E-state index in [0.29, 0.717) is 0 Å². The van der Waals surface area contributed by atoms with E-state index in [4.69, 9.17) is 5.73 Å². The Hall–Kier alpha value is -1.94. The van der Waals surface area contributed by atoms with Crippen LogP contribution < -0.4 is 5.73 Å². The average molecular weight is 255 g/mol. The highest BCUT2D eigenvalue weighted by Crippen LogP contribution is 2.22. The summed E-state index contributed by atoms with van der Waals surface area (Å²) in [7, 11) is 0. The van der Waals surface area contributed by atoms with Gasteiger partial charge in [-0.25, -0.2) is 4.98 Å². The van der Waals surface area contributed by atoms with Crippen LogP contribution in [0, 0.1) is 0 Å². The Labute approximate surface area is 110 Å². The van der Waals surface area contributed by atoms with Gasteiger partial charge in [-0.1, -0.05) is 12.1 Å². The molecule has 0 fully saturated rings. The molecule has 0 saturated carbocycles. The van der Waals surface area contributed by atoms with Gasteiger partial charge in [-0.15, -0.1) is 11.8 Å². The molecule has 3 nitrogen and oxygen atoms in total. The molecule has 3 aromatic rings. The summed E-state index contributed by atoms with van der Waals surface area (Å²) in [6, 6.07) is 11.9. The third-order valence-electron chi connectivity index (χ3n) is 2.87. The van der Waals surface area contributed by atoms with Crippen molar-refractivity contribution in [1.82, 2.24) is 9.38 Å². The first-order valence-electron chi connectivity index (χ1n) is 5.65. The quantitative estimate of drug-likeness (QED) is 0.564. The molecule has 2 aromatic heterocycles. The Morgan fingerprint density at radius 1 is 1.06 bits per heavy atom. The maximum atomic E-state index is 5.69. The van der Waals surface area contributed by atoms with Gasteiger partial charge >= 0.3 is 0 Å². The highest BCUT2D eigenvalue weighted by atomic mass is 32.2. The zero-order valence-electron chi connectivity index (χ0n) is 10.00. The minimum absolute atomic E-state index is 0.771. The Morgan fingerprint density at radius 2 is 1.83 bits per heavy atom. The van der Waals surface area contributed by atoms with Crippen molar-refractivity contribution in [3.05, 3.63) is 48.8 Å². The molecular weight excluding hydrogens is 242 g/mol. The van der Waals surface area contributed by atoms with Gasteiger partial charge in [0.2, 0.25) is 0 Å². The van der Waals surface area contributed by atoms with Crippen molar-refractivity contribution in [3.63, 3.8) is 0 Å². The van der Waals surface area contributed by atoms with Crippen LogP contribution in [0.25, 0.3) is 16.9 Å². The van der Waals surface area contributed by atoms with E-state index < -0.39 is 0 Å². The normalized spacial score (nSPS) is 10.9.